The van der Waals surface area contributed by atoms with Gasteiger partial charge < -0.3 is 14.2 Å². The first-order valence-electron chi connectivity index (χ1n) is 14.4. The van der Waals surface area contributed by atoms with Gasteiger partial charge in [-0.2, -0.15) is 0 Å². The van der Waals surface area contributed by atoms with E-state index in [9.17, 15) is 0 Å². The van der Waals surface area contributed by atoms with E-state index in [1.165, 1.54) is 68.9 Å². The summed E-state index contributed by atoms with van der Waals surface area (Å²) in [5.74, 6) is 1.47. The maximum Gasteiger partial charge on any atom is 0.183 e. The Hall–Kier alpha value is -2.10. The normalized spacial score (nSPS) is 19.0. The second-order valence-electron chi connectivity index (χ2n) is 10.3. The zero-order chi connectivity index (χ0) is 25.4. The van der Waals surface area contributed by atoms with E-state index in [0.29, 0.717) is 5.92 Å². The smallest absolute Gasteiger partial charge is 0.183 e. The van der Waals surface area contributed by atoms with Gasteiger partial charge in [-0.05, 0) is 68.7 Å². The summed E-state index contributed by atoms with van der Waals surface area (Å²) in [6.07, 6.45) is 18.2. The molecule has 0 radical (unpaired) electrons. The van der Waals surface area contributed by atoms with E-state index in [0.717, 1.165) is 37.4 Å². The zero-order valence-electron chi connectivity index (χ0n) is 22.9. The molecular weight excluding hydrogens is 444 g/mol. The summed E-state index contributed by atoms with van der Waals surface area (Å²) in [6.45, 7) is 8.19. The second kappa shape index (κ2) is 16.6. The van der Waals surface area contributed by atoms with Crippen LogP contribution in [0.3, 0.4) is 0 Å². The van der Waals surface area contributed by atoms with Gasteiger partial charge in [0.2, 0.25) is 0 Å². The lowest BCUT2D eigenvalue weighted by Gasteiger charge is -2.29. The van der Waals surface area contributed by atoms with E-state index in [1.54, 1.807) is 0 Å². The molecule has 36 heavy (non-hydrogen) atoms. The zero-order valence-corrected chi connectivity index (χ0v) is 22.9. The molecule has 2 aromatic carbocycles. The molecule has 1 heterocycles. The summed E-state index contributed by atoms with van der Waals surface area (Å²) in [7, 11) is 0. The molecule has 3 rings (SSSR count). The first-order valence-corrected chi connectivity index (χ1v) is 14.4. The van der Waals surface area contributed by atoms with Crippen LogP contribution in [0.25, 0.3) is 11.1 Å². The summed E-state index contributed by atoms with van der Waals surface area (Å²) in [5, 5.41) is 0. The Morgan fingerprint density at radius 1 is 0.806 bits per heavy atom. The molecule has 1 saturated heterocycles. The third kappa shape index (κ3) is 10.1. The standard InChI is InChI=1S/C33H48O3/c1-4-6-8-10-11-12-14-16-28-25-34-33(35-26-28)31-19-17-29(18-20-31)30-21-23-32(24-22-30)36-27(3)15-13-9-7-5-2/h6,8,17-24,27-28,33H,4-5,7,9-16,25-26H2,1-3H3/b8-6-/t27-,28-,33-/m0/s1. The summed E-state index contributed by atoms with van der Waals surface area (Å²) >= 11 is 0. The average molecular weight is 493 g/mol. The van der Waals surface area contributed by atoms with Crippen molar-refractivity contribution in [3.8, 4) is 16.9 Å². The van der Waals surface area contributed by atoms with Crippen molar-refractivity contribution in [1.82, 2.24) is 0 Å². The molecule has 3 heteroatoms. The number of ether oxygens (including phenoxy) is 3. The molecule has 0 saturated carbocycles. The minimum absolute atomic E-state index is 0.246. The van der Waals surface area contributed by atoms with E-state index in [4.69, 9.17) is 14.2 Å². The summed E-state index contributed by atoms with van der Waals surface area (Å²) in [6, 6.07) is 17.0. The third-order valence-electron chi connectivity index (χ3n) is 7.02. The molecule has 1 aliphatic rings. The molecule has 0 unspecified atom stereocenters. The Balaban J connectivity index is 1.38. The molecule has 1 aliphatic heterocycles. The Kier molecular flexibility index (Phi) is 13.1. The van der Waals surface area contributed by atoms with Crippen LogP contribution in [-0.2, 0) is 9.47 Å². The summed E-state index contributed by atoms with van der Waals surface area (Å²) in [5.41, 5.74) is 3.48. The topological polar surface area (TPSA) is 27.7 Å². The number of rotatable bonds is 16. The first-order chi connectivity index (χ1) is 17.7. The molecule has 1 atom stereocenters. The Morgan fingerprint density at radius 3 is 2.14 bits per heavy atom. The molecule has 0 N–H and O–H groups in total. The Labute approximate surface area is 220 Å². The van der Waals surface area contributed by atoms with Crippen molar-refractivity contribution in [3.05, 3.63) is 66.2 Å². The highest BCUT2D eigenvalue weighted by atomic mass is 16.7. The molecule has 1 fully saturated rings. The van der Waals surface area contributed by atoms with Crippen molar-refractivity contribution >= 4 is 0 Å². The van der Waals surface area contributed by atoms with Crippen LogP contribution in [0.15, 0.2) is 60.7 Å². The van der Waals surface area contributed by atoms with Crippen LogP contribution in [0.1, 0.15) is 103 Å². The third-order valence-corrected chi connectivity index (χ3v) is 7.02. The van der Waals surface area contributed by atoms with Crippen LogP contribution >= 0.6 is 0 Å². The van der Waals surface area contributed by atoms with Crippen LogP contribution in [0.5, 0.6) is 5.75 Å². The van der Waals surface area contributed by atoms with Gasteiger partial charge in [-0.25, -0.2) is 0 Å². The minimum Gasteiger partial charge on any atom is -0.491 e. The van der Waals surface area contributed by atoms with Gasteiger partial charge in [0.05, 0.1) is 19.3 Å². The fraction of sp³-hybridized carbons (Fsp3) is 0.576. The van der Waals surface area contributed by atoms with Crippen LogP contribution < -0.4 is 4.74 Å². The predicted molar refractivity (Wildman–Crippen MR) is 151 cm³/mol. The average Bonchev–Trinajstić information content (AvgIpc) is 2.91. The van der Waals surface area contributed by atoms with Crippen LogP contribution in [0, 0.1) is 5.92 Å². The van der Waals surface area contributed by atoms with Crippen molar-refractivity contribution < 1.29 is 14.2 Å². The molecule has 3 nitrogen and oxygen atoms in total. The van der Waals surface area contributed by atoms with E-state index >= 15 is 0 Å². The number of unbranched alkanes of at least 4 members (excludes halogenated alkanes) is 6. The lowest BCUT2D eigenvalue weighted by Crippen LogP contribution is -2.27. The van der Waals surface area contributed by atoms with Gasteiger partial charge in [0.15, 0.2) is 6.29 Å². The van der Waals surface area contributed by atoms with E-state index in [1.807, 2.05) is 0 Å². The molecule has 2 aromatic rings. The van der Waals surface area contributed by atoms with Crippen molar-refractivity contribution in [2.45, 2.75) is 104 Å². The van der Waals surface area contributed by atoms with E-state index in [-0.39, 0.29) is 12.4 Å². The van der Waals surface area contributed by atoms with Gasteiger partial charge in [-0.1, -0.05) is 94.5 Å². The highest BCUT2D eigenvalue weighted by molar-refractivity contribution is 5.64. The molecular formula is C33H48O3. The number of hydrogen-bond acceptors (Lipinski definition) is 3. The lowest BCUT2D eigenvalue weighted by atomic mass is 10.0. The molecule has 0 aromatic heterocycles. The van der Waals surface area contributed by atoms with Crippen LogP contribution in [-0.4, -0.2) is 19.3 Å². The van der Waals surface area contributed by atoms with E-state index in [2.05, 4.69) is 81.5 Å². The summed E-state index contributed by atoms with van der Waals surface area (Å²) < 4.78 is 18.3. The number of benzene rings is 2. The van der Waals surface area contributed by atoms with Gasteiger partial charge in [-0.15, -0.1) is 0 Å². The van der Waals surface area contributed by atoms with Crippen molar-refractivity contribution in [2.75, 3.05) is 13.2 Å². The van der Waals surface area contributed by atoms with Crippen LogP contribution in [0.4, 0.5) is 0 Å². The predicted octanol–water partition coefficient (Wildman–Crippen LogP) is 9.67. The fourth-order valence-corrected chi connectivity index (χ4v) is 4.77. The lowest BCUT2D eigenvalue weighted by molar-refractivity contribution is -0.206. The largest absolute Gasteiger partial charge is 0.491 e. The SMILES string of the molecule is CC/C=C\CCCCC[C@H]1CO[C@H](c2ccc(-c3ccc(O[C@@H](C)CCCCCC)cc3)cc2)OC1. The molecule has 198 valence electrons. The van der Waals surface area contributed by atoms with Gasteiger partial charge in [0, 0.05) is 11.5 Å². The number of hydrogen-bond donors (Lipinski definition) is 0. The molecule has 0 spiro atoms. The monoisotopic (exact) mass is 492 g/mol. The van der Waals surface area contributed by atoms with Crippen LogP contribution in [0.2, 0.25) is 0 Å². The van der Waals surface area contributed by atoms with Gasteiger partial charge >= 0.3 is 0 Å². The maximum atomic E-state index is 6.11. The van der Waals surface area contributed by atoms with Crippen molar-refractivity contribution in [1.29, 1.82) is 0 Å². The van der Waals surface area contributed by atoms with Gasteiger partial charge in [-0.3, -0.25) is 0 Å². The van der Waals surface area contributed by atoms with Crippen molar-refractivity contribution in [2.24, 2.45) is 5.92 Å². The van der Waals surface area contributed by atoms with Gasteiger partial charge in [0.1, 0.15) is 5.75 Å². The van der Waals surface area contributed by atoms with Gasteiger partial charge in [0.25, 0.3) is 0 Å². The van der Waals surface area contributed by atoms with Crippen molar-refractivity contribution in [3.63, 3.8) is 0 Å². The molecule has 0 bridgehead atoms. The molecule has 0 amide bonds. The Bertz CT molecular complexity index is 848. The first kappa shape index (κ1) is 28.5. The summed E-state index contributed by atoms with van der Waals surface area (Å²) in [4.78, 5) is 0. The maximum absolute atomic E-state index is 6.11. The second-order valence-corrected chi connectivity index (χ2v) is 10.3. The highest BCUT2D eigenvalue weighted by Crippen LogP contribution is 2.30. The molecule has 0 aliphatic carbocycles. The quantitative estimate of drug-likeness (QED) is 0.172. The van der Waals surface area contributed by atoms with E-state index < -0.39 is 0 Å². The number of allylic oxidation sites excluding steroid dienone is 2. The highest BCUT2D eigenvalue weighted by Gasteiger charge is 2.23. The minimum atomic E-state index is -0.246. The Morgan fingerprint density at radius 2 is 1.47 bits per heavy atom. The fourth-order valence-electron chi connectivity index (χ4n) is 4.77.